The van der Waals surface area contributed by atoms with Crippen LogP contribution in [-0.4, -0.2) is 57.4 Å². The Balaban J connectivity index is 1.47. The van der Waals surface area contributed by atoms with Crippen LogP contribution in [0, 0.1) is 29.1 Å². The van der Waals surface area contributed by atoms with Gasteiger partial charge in [0.2, 0.25) is 0 Å². The number of rotatable bonds is 2. The number of carbonyl (C=O) groups is 1. The van der Waals surface area contributed by atoms with Crippen molar-refractivity contribution in [2.75, 3.05) is 13.7 Å². The molecule has 0 bridgehead atoms. The molecule has 6 nitrogen and oxygen atoms in total. The van der Waals surface area contributed by atoms with E-state index < -0.39 is 12.2 Å². The maximum Gasteiger partial charge on any atom is 0.276 e. The zero-order valence-corrected chi connectivity index (χ0v) is 20.4. The van der Waals surface area contributed by atoms with E-state index >= 15 is 0 Å². The van der Waals surface area contributed by atoms with Gasteiger partial charge in [0.05, 0.1) is 19.3 Å². The van der Waals surface area contributed by atoms with Crippen molar-refractivity contribution in [2.45, 2.75) is 89.4 Å². The fourth-order valence-corrected chi connectivity index (χ4v) is 8.54. The third kappa shape index (κ3) is 3.51. The van der Waals surface area contributed by atoms with Gasteiger partial charge in [0.25, 0.3) is 5.91 Å². The van der Waals surface area contributed by atoms with Gasteiger partial charge in [-0.15, -0.1) is 0 Å². The topological polar surface area (TPSA) is 82.9 Å². The van der Waals surface area contributed by atoms with Crippen molar-refractivity contribution in [3.05, 3.63) is 24.0 Å². The van der Waals surface area contributed by atoms with Crippen LogP contribution in [0.25, 0.3) is 0 Å². The number of pyridine rings is 1. The largest absolute Gasteiger partial charge is 0.494 e. The number of nitrogens with zero attached hydrogens (tertiary/aromatic N) is 2. The van der Waals surface area contributed by atoms with Gasteiger partial charge in [-0.2, -0.15) is 0 Å². The summed E-state index contributed by atoms with van der Waals surface area (Å²) in [4.78, 5) is 20.4. The molecule has 1 aliphatic heterocycles. The van der Waals surface area contributed by atoms with Crippen LogP contribution in [0.5, 0.6) is 5.75 Å². The van der Waals surface area contributed by atoms with E-state index in [9.17, 15) is 15.0 Å². The van der Waals surface area contributed by atoms with E-state index in [4.69, 9.17) is 4.74 Å². The molecule has 3 saturated carbocycles. The summed E-state index contributed by atoms with van der Waals surface area (Å²) < 4.78 is 5.48. The van der Waals surface area contributed by atoms with Gasteiger partial charge < -0.3 is 19.8 Å². The van der Waals surface area contributed by atoms with E-state index in [1.54, 1.807) is 13.3 Å². The Labute approximate surface area is 197 Å². The van der Waals surface area contributed by atoms with E-state index in [0.29, 0.717) is 35.6 Å². The van der Waals surface area contributed by atoms with Crippen LogP contribution in [0.1, 0.15) is 82.1 Å². The molecule has 1 saturated heterocycles. The maximum absolute atomic E-state index is 13.8. The average Bonchev–Trinajstić information content (AvgIpc) is 3.00. The molecule has 8 atom stereocenters. The lowest BCUT2D eigenvalue weighted by atomic mass is 9.45. The number of aliphatic hydroxyl groups is 2. The van der Waals surface area contributed by atoms with Crippen LogP contribution in [0.15, 0.2) is 18.3 Å². The molecule has 1 aromatic rings. The highest BCUT2D eigenvalue weighted by Crippen LogP contribution is 2.63. The van der Waals surface area contributed by atoms with Crippen molar-refractivity contribution in [1.82, 2.24) is 9.88 Å². The fraction of sp³-hybridized carbons (Fsp3) is 0.778. The number of carbonyl (C=O) groups excluding carboxylic acids is 1. The lowest BCUT2D eigenvalue weighted by molar-refractivity contribution is -0.174. The summed E-state index contributed by atoms with van der Waals surface area (Å²) in [5.74, 6) is 2.30. The number of aromatic nitrogens is 1. The molecular formula is C27H40N2O4. The Morgan fingerprint density at radius 2 is 1.88 bits per heavy atom. The monoisotopic (exact) mass is 456 g/mol. The molecule has 5 rings (SSSR count). The van der Waals surface area contributed by atoms with E-state index in [1.807, 2.05) is 12.1 Å². The first kappa shape index (κ1) is 23.1. The van der Waals surface area contributed by atoms with E-state index in [1.165, 1.54) is 0 Å². The first-order valence-corrected chi connectivity index (χ1v) is 13.0. The highest BCUT2D eigenvalue weighted by Gasteiger charge is 2.60. The molecule has 2 heterocycles. The van der Waals surface area contributed by atoms with Gasteiger partial charge in [-0.05, 0) is 99.5 Å². The first-order valence-electron chi connectivity index (χ1n) is 13.0. The molecule has 6 heteroatoms. The van der Waals surface area contributed by atoms with Crippen LogP contribution >= 0.6 is 0 Å². The summed E-state index contributed by atoms with van der Waals surface area (Å²) in [6.07, 6.45) is 9.66. The third-order valence-electron chi connectivity index (χ3n) is 10.3. The highest BCUT2D eigenvalue weighted by molar-refractivity contribution is 5.95. The van der Waals surface area contributed by atoms with Gasteiger partial charge in [0.1, 0.15) is 5.75 Å². The zero-order chi connectivity index (χ0) is 23.4. The summed E-state index contributed by atoms with van der Waals surface area (Å²) in [6.45, 7) is 5.47. The molecule has 3 unspecified atom stereocenters. The lowest BCUT2D eigenvalue weighted by Gasteiger charge is -2.63. The first-order chi connectivity index (χ1) is 15.8. The van der Waals surface area contributed by atoms with Crippen LogP contribution in [0.4, 0.5) is 0 Å². The Morgan fingerprint density at radius 3 is 2.67 bits per heavy atom. The summed E-state index contributed by atoms with van der Waals surface area (Å²) in [7, 11) is 1.60. The predicted octanol–water partition coefficient (Wildman–Crippen LogP) is 4.05. The number of hydrogen-bond acceptors (Lipinski definition) is 5. The molecule has 0 radical (unpaired) electrons. The molecule has 1 aromatic heterocycles. The van der Waals surface area contributed by atoms with Gasteiger partial charge in [0, 0.05) is 18.3 Å². The van der Waals surface area contributed by atoms with Crippen LogP contribution in [0.3, 0.4) is 0 Å². The molecule has 182 valence electrons. The van der Waals surface area contributed by atoms with Crippen molar-refractivity contribution < 1.29 is 19.7 Å². The lowest BCUT2D eigenvalue weighted by Crippen LogP contribution is -2.63. The SMILES string of the molecule is COc1cccnc1C(=O)N1CCCCC2[C@@H]3CCC4[C@@H](O)[C@@H](O)CC[C@]4(C)C3CC[C@@]21C. The van der Waals surface area contributed by atoms with Crippen molar-refractivity contribution in [1.29, 1.82) is 0 Å². The smallest absolute Gasteiger partial charge is 0.276 e. The number of amides is 1. The molecule has 0 aromatic carbocycles. The second-order valence-corrected chi connectivity index (χ2v) is 11.6. The molecule has 33 heavy (non-hydrogen) atoms. The molecule has 1 amide bonds. The Bertz CT molecular complexity index is 893. The van der Waals surface area contributed by atoms with Gasteiger partial charge in [-0.25, -0.2) is 4.98 Å². The van der Waals surface area contributed by atoms with E-state index in [2.05, 4.69) is 23.7 Å². The average molecular weight is 457 g/mol. The number of aliphatic hydroxyl groups excluding tert-OH is 2. The standard InChI is InChI=1S/C27H40N2O4/c1-26-13-12-21(30)24(31)20(26)10-9-17-18(26)11-14-27(2)19(17)7-4-5-16-29(27)25(32)23-22(33-3)8-6-15-28-23/h6,8,15,17-21,24,30-31H,4-5,7,9-14,16H2,1-3H3/t17-,18?,19?,20?,21+,24-,26-,27+/m1/s1. The van der Waals surface area contributed by atoms with Crippen LogP contribution in [-0.2, 0) is 0 Å². The Kier molecular flexibility index (Phi) is 5.97. The predicted molar refractivity (Wildman–Crippen MR) is 126 cm³/mol. The number of ether oxygens (including phenoxy) is 1. The second-order valence-electron chi connectivity index (χ2n) is 11.6. The van der Waals surface area contributed by atoms with E-state index in [0.717, 1.165) is 57.9 Å². The quantitative estimate of drug-likeness (QED) is 0.702. The normalized spacial score (nSPS) is 43.0. The molecular weight excluding hydrogens is 416 g/mol. The molecule has 2 N–H and O–H groups in total. The molecule has 3 aliphatic carbocycles. The summed E-state index contributed by atoms with van der Waals surface area (Å²) >= 11 is 0. The van der Waals surface area contributed by atoms with Gasteiger partial charge in [0.15, 0.2) is 5.69 Å². The summed E-state index contributed by atoms with van der Waals surface area (Å²) in [5.41, 5.74) is 0.311. The number of methoxy groups -OCH3 is 1. The van der Waals surface area contributed by atoms with Crippen molar-refractivity contribution in [2.24, 2.45) is 29.1 Å². The summed E-state index contributed by atoms with van der Waals surface area (Å²) in [6, 6.07) is 3.63. The van der Waals surface area contributed by atoms with Crippen molar-refractivity contribution in [3.8, 4) is 5.75 Å². The van der Waals surface area contributed by atoms with Gasteiger partial charge >= 0.3 is 0 Å². The van der Waals surface area contributed by atoms with Crippen molar-refractivity contribution in [3.63, 3.8) is 0 Å². The third-order valence-corrected chi connectivity index (χ3v) is 10.3. The van der Waals surface area contributed by atoms with Crippen LogP contribution < -0.4 is 4.74 Å². The minimum absolute atomic E-state index is 0.00333. The highest BCUT2D eigenvalue weighted by atomic mass is 16.5. The van der Waals surface area contributed by atoms with Crippen LogP contribution in [0.2, 0.25) is 0 Å². The Hall–Kier alpha value is -1.66. The van der Waals surface area contributed by atoms with Gasteiger partial charge in [-0.3, -0.25) is 4.79 Å². The molecule has 4 aliphatic rings. The minimum atomic E-state index is -0.596. The second kappa shape index (κ2) is 8.53. The molecule has 0 spiro atoms. The van der Waals surface area contributed by atoms with E-state index in [-0.39, 0.29) is 22.8 Å². The number of hydrogen-bond donors (Lipinski definition) is 2. The zero-order valence-electron chi connectivity index (χ0n) is 20.4. The number of likely N-dealkylation sites (tertiary alicyclic amines) is 1. The number of fused-ring (bicyclic) bond motifs is 5. The fourth-order valence-electron chi connectivity index (χ4n) is 8.54. The molecule has 4 fully saturated rings. The maximum atomic E-state index is 13.8. The Morgan fingerprint density at radius 1 is 1.06 bits per heavy atom. The van der Waals surface area contributed by atoms with Crippen molar-refractivity contribution >= 4 is 5.91 Å². The van der Waals surface area contributed by atoms with Gasteiger partial charge in [-0.1, -0.05) is 13.3 Å². The summed E-state index contributed by atoms with van der Waals surface area (Å²) in [5, 5.41) is 21.2. The minimum Gasteiger partial charge on any atom is -0.494 e.